The van der Waals surface area contributed by atoms with Crippen LogP contribution in [-0.2, 0) is 17.8 Å². The summed E-state index contributed by atoms with van der Waals surface area (Å²) < 4.78 is 0. The van der Waals surface area contributed by atoms with Crippen molar-refractivity contribution in [2.75, 3.05) is 41.3 Å². The van der Waals surface area contributed by atoms with Crippen LogP contribution in [0, 0.1) is 0 Å². The monoisotopic (exact) mass is 409 g/mol. The van der Waals surface area contributed by atoms with E-state index in [-0.39, 0.29) is 18.4 Å². The highest BCUT2D eigenvalue weighted by molar-refractivity contribution is 5.94. The fraction of sp³-hybridized carbons (Fsp3) is 0.348. The average Bonchev–Trinajstić information content (AvgIpc) is 2.75. The summed E-state index contributed by atoms with van der Waals surface area (Å²) in [4.78, 5) is 31.8. The number of rotatable bonds is 8. The van der Waals surface area contributed by atoms with Crippen LogP contribution in [-0.4, -0.2) is 68.9 Å². The number of hydrogen-bond acceptors (Lipinski definition) is 3. The molecule has 2 aromatic carbocycles. The van der Waals surface area contributed by atoms with Crippen LogP contribution in [0.4, 0.5) is 0 Å². The fourth-order valence-electron chi connectivity index (χ4n) is 2.69. The van der Waals surface area contributed by atoms with Gasteiger partial charge in [0.1, 0.15) is 0 Å². The molecule has 0 radical (unpaired) electrons. The summed E-state index contributed by atoms with van der Waals surface area (Å²) in [6, 6.07) is 17.6. The van der Waals surface area contributed by atoms with Crippen molar-refractivity contribution in [2.45, 2.75) is 13.0 Å². The van der Waals surface area contributed by atoms with Crippen molar-refractivity contribution in [3.05, 3.63) is 71.3 Å². The van der Waals surface area contributed by atoms with Crippen LogP contribution in [0.2, 0.25) is 0 Å². The molecule has 160 valence electrons. The second-order valence-corrected chi connectivity index (χ2v) is 7.37. The molecule has 0 aromatic heterocycles. The Morgan fingerprint density at radius 1 is 0.867 bits per heavy atom. The summed E-state index contributed by atoms with van der Waals surface area (Å²) in [5, 5.41) is 6.37. The first-order valence-electron chi connectivity index (χ1n) is 9.93. The van der Waals surface area contributed by atoms with E-state index in [0.717, 1.165) is 17.5 Å². The van der Waals surface area contributed by atoms with Gasteiger partial charge in [0.25, 0.3) is 5.91 Å². The Morgan fingerprint density at radius 2 is 1.57 bits per heavy atom. The van der Waals surface area contributed by atoms with Crippen LogP contribution in [0.5, 0.6) is 0 Å². The predicted molar refractivity (Wildman–Crippen MR) is 120 cm³/mol. The number of benzene rings is 2. The SMILES string of the molecule is CN(C)C(=O)CNC(=NCc1ccccc1)NCCc1cccc(C(=O)N(C)C)c1. The molecule has 7 nitrogen and oxygen atoms in total. The molecule has 0 aliphatic carbocycles. The number of nitrogens with one attached hydrogen (secondary N) is 2. The number of hydrogen-bond donors (Lipinski definition) is 2. The summed E-state index contributed by atoms with van der Waals surface area (Å²) in [7, 11) is 6.93. The zero-order valence-corrected chi connectivity index (χ0v) is 18.2. The molecule has 2 rings (SSSR count). The lowest BCUT2D eigenvalue weighted by atomic mass is 10.1. The van der Waals surface area contributed by atoms with Crippen LogP contribution in [0.3, 0.4) is 0 Å². The molecule has 0 saturated heterocycles. The number of carbonyl (C=O) groups excluding carboxylic acids is 2. The number of guanidine groups is 1. The topological polar surface area (TPSA) is 77.0 Å². The van der Waals surface area contributed by atoms with E-state index in [4.69, 9.17) is 0 Å². The second-order valence-electron chi connectivity index (χ2n) is 7.37. The van der Waals surface area contributed by atoms with Crippen LogP contribution < -0.4 is 10.6 Å². The Balaban J connectivity index is 1.98. The van der Waals surface area contributed by atoms with Gasteiger partial charge in [-0.1, -0.05) is 42.5 Å². The molecule has 0 unspecified atom stereocenters. The number of aliphatic imine (C=N–C) groups is 1. The van der Waals surface area contributed by atoms with Gasteiger partial charge in [0.05, 0.1) is 13.1 Å². The van der Waals surface area contributed by atoms with E-state index in [9.17, 15) is 9.59 Å². The molecule has 0 heterocycles. The lowest BCUT2D eigenvalue weighted by molar-refractivity contribution is -0.127. The van der Waals surface area contributed by atoms with Crippen LogP contribution in [0.1, 0.15) is 21.5 Å². The molecule has 0 aliphatic rings. The molecule has 0 bridgehead atoms. The van der Waals surface area contributed by atoms with Crippen LogP contribution in [0.25, 0.3) is 0 Å². The fourth-order valence-corrected chi connectivity index (χ4v) is 2.69. The molecule has 0 spiro atoms. The number of carbonyl (C=O) groups is 2. The molecule has 0 aliphatic heterocycles. The first kappa shape index (κ1) is 22.9. The highest BCUT2D eigenvalue weighted by atomic mass is 16.2. The van der Waals surface area contributed by atoms with E-state index in [1.54, 1.807) is 33.1 Å². The van der Waals surface area contributed by atoms with E-state index in [0.29, 0.717) is 24.6 Å². The molecule has 0 atom stereocenters. The standard InChI is InChI=1S/C23H31N5O2/c1-27(2)21(29)17-26-23(25-16-19-9-6-5-7-10-19)24-14-13-18-11-8-12-20(15-18)22(30)28(3)4/h5-12,15H,13-14,16-17H2,1-4H3,(H2,24,25,26). The maximum Gasteiger partial charge on any atom is 0.253 e. The van der Waals surface area contributed by atoms with E-state index in [2.05, 4.69) is 15.6 Å². The van der Waals surface area contributed by atoms with Gasteiger partial charge in [0.15, 0.2) is 5.96 Å². The number of nitrogens with zero attached hydrogens (tertiary/aromatic N) is 3. The summed E-state index contributed by atoms with van der Waals surface area (Å²) in [6.07, 6.45) is 0.724. The highest BCUT2D eigenvalue weighted by Gasteiger charge is 2.09. The smallest absolute Gasteiger partial charge is 0.253 e. The third-order valence-corrected chi connectivity index (χ3v) is 4.45. The van der Waals surface area contributed by atoms with Gasteiger partial charge in [-0.25, -0.2) is 4.99 Å². The minimum absolute atomic E-state index is 0.0150. The zero-order valence-electron chi connectivity index (χ0n) is 18.2. The Kier molecular flexibility index (Phi) is 8.87. The van der Waals surface area contributed by atoms with Crippen molar-refractivity contribution in [1.29, 1.82) is 0 Å². The first-order valence-corrected chi connectivity index (χ1v) is 9.93. The maximum atomic E-state index is 12.1. The van der Waals surface area contributed by atoms with Crippen molar-refractivity contribution >= 4 is 17.8 Å². The molecule has 2 amide bonds. The van der Waals surface area contributed by atoms with Gasteiger partial charge in [-0.15, -0.1) is 0 Å². The van der Waals surface area contributed by atoms with Gasteiger partial charge in [-0.05, 0) is 29.7 Å². The molecule has 2 N–H and O–H groups in total. The third-order valence-electron chi connectivity index (χ3n) is 4.45. The van der Waals surface area contributed by atoms with Crippen molar-refractivity contribution < 1.29 is 9.59 Å². The summed E-state index contributed by atoms with van der Waals surface area (Å²) >= 11 is 0. The molecule has 0 fully saturated rings. The van der Waals surface area contributed by atoms with Crippen molar-refractivity contribution in [1.82, 2.24) is 20.4 Å². The van der Waals surface area contributed by atoms with Crippen molar-refractivity contribution in [2.24, 2.45) is 4.99 Å². The van der Waals surface area contributed by atoms with Gasteiger partial charge in [0.2, 0.25) is 5.91 Å². The van der Waals surface area contributed by atoms with Gasteiger partial charge >= 0.3 is 0 Å². The second kappa shape index (κ2) is 11.6. The van der Waals surface area contributed by atoms with E-state index < -0.39 is 0 Å². The summed E-state index contributed by atoms with van der Waals surface area (Å²) in [6.45, 7) is 1.30. The quantitative estimate of drug-likeness (QED) is 0.515. The lowest BCUT2D eigenvalue weighted by Gasteiger charge is -2.15. The van der Waals surface area contributed by atoms with E-state index in [1.165, 1.54) is 4.90 Å². The lowest BCUT2D eigenvalue weighted by Crippen LogP contribution is -2.43. The van der Waals surface area contributed by atoms with Crippen molar-refractivity contribution in [3.63, 3.8) is 0 Å². The van der Waals surface area contributed by atoms with Crippen molar-refractivity contribution in [3.8, 4) is 0 Å². The first-order chi connectivity index (χ1) is 14.4. The third kappa shape index (κ3) is 7.58. The molecule has 30 heavy (non-hydrogen) atoms. The molecule has 7 heteroatoms. The summed E-state index contributed by atoms with van der Waals surface area (Å²) in [5.74, 6) is 0.535. The number of amides is 2. The predicted octanol–water partition coefficient (Wildman–Crippen LogP) is 1.75. The van der Waals surface area contributed by atoms with Crippen LogP contribution >= 0.6 is 0 Å². The molecular formula is C23H31N5O2. The maximum absolute atomic E-state index is 12.1. The van der Waals surface area contributed by atoms with E-state index in [1.807, 2.05) is 54.6 Å². The molecule has 0 saturated carbocycles. The molecular weight excluding hydrogens is 378 g/mol. The molecule has 2 aromatic rings. The van der Waals surface area contributed by atoms with Gasteiger partial charge in [-0.2, -0.15) is 0 Å². The highest BCUT2D eigenvalue weighted by Crippen LogP contribution is 2.08. The van der Waals surface area contributed by atoms with Gasteiger partial charge in [-0.3, -0.25) is 9.59 Å². The minimum Gasteiger partial charge on any atom is -0.356 e. The summed E-state index contributed by atoms with van der Waals surface area (Å²) in [5.41, 5.74) is 2.82. The average molecular weight is 410 g/mol. The van der Waals surface area contributed by atoms with Gasteiger partial charge in [0, 0.05) is 40.3 Å². The minimum atomic E-state index is -0.0286. The zero-order chi connectivity index (χ0) is 21.9. The Hall–Kier alpha value is -3.35. The van der Waals surface area contributed by atoms with Crippen LogP contribution in [0.15, 0.2) is 59.6 Å². The number of likely N-dealkylation sites (N-methyl/N-ethyl adjacent to an activating group) is 1. The Morgan fingerprint density at radius 3 is 2.23 bits per heavy atom. The van der Waals surface area contributed by atoms with Gasteiger partial charge < -0.3 is 20.4 Å². The Labute approximate surface area is 178 Å². The largest absolute Gasteiger partial charge is 0.356 e. The normalized spacial score (nSPS) is 11.0. The van der Waals surface area contributed by atoms with E-state index >= 15 is 0 Å². The Bertz CT molecular complexity index is 863.